The molecule has 4 N–H and O–H groups in total. The second-order valence-corrected chi connectivity index (χ2v) is 6.20. The number of aromatic nitrogens is 1. The van der Waals surface area contributed by atoms with E-state index in [1.165, 1.54) is 5.69 Å². The number of anilines is 2. The summed E-state index contributed by atoms with van der Waals surface area (Å²) in [5.74, 6) is 0.797. The Balaban J connectivity index is 1.78. The predicted molar refractivity (Wildman–Crippen MR) is 90.6 cm³/mol. The van der Waals surface area contributed by atoms with Crippen molar-refractivity contribution in [1.29, 1.82) is 0 Å². The summed E-state index contributed by atoms with van der Waals surface area (Å²) in [6, 6.07) is 0.227. The van der Waals surface area contributed by atoms with Crippen molar-refractivity contribution >= 4 is 11.4 Å². The highest BCUT2D eigenvalue weighted by molar-refractivity contribution is 5.79. The van der Waals surface area contributed by atoms with Crippen LogP contribution in [0.5, 0.6) is 0 Å². The maximum absolute atomic E-state index is 6.10. The maximum Gasteiger partial charge on any atom is 0.169 e. The Hall–Kier alpha value is -2.31. The van der Waals surface area contributed by atoms with Crippen molar-refractivity contribution in [3.8, 4) is 0 Å². The van der Waals surface area contributed by atoms with Gasteiger partial charge in [-0.05, 0) is 37.1 Å². The molecule has 1 aromatic rings. The van der Waals surface area contributed by atoms with E-state index in [9.17, 15) is 0 Å². The first kappa shape index (κ1) is 14.3. The minimum atomic E-state index is -0.403. The van der Waals surface area contributed by atoms with E-state index >= 15 is 0 Å². The Morgan fingerprint density at radius 1 is 1.30 bits per heavy atom. The van der Waals surface area contributed by atoms with Gasteiger partial charge in [0.1, 0.15) is 5.76 Å². The van der Waals surface area contributed by atoms with Crippen LogP contribution < -0.4 is 21.3 Å². The molecule has 0 amide bonds. The molecule has 1 unspecified atom stereocenters. The van der Waals surface area contributed by atoms with Crippen molar-refractivity contribution in [2.75, 3.05) is 22.9 Å². The number of aryl methyl sites for hydroxylation is 1. The summed E-state index contributed by atoms with van der Waals surface area (Å²) >= 11 is 0. The summed E-state index contributed by atoms with van der Waals surface area (Å²) in [6.45, 7) is 3.92. The number of fused-ring (bicyclic) bond motifs is 1. The number of rotatable bonds is 2. The van der Waals surface area contributed by atoms with Gasteiger partial charge in [-0.1, -0.05) is 0 Å². The predicted octanol–water partition coefficient (Wildman–Crippen LogP) is 1.34. The average molecular weight is 311 g/mol. The lowest BCUT2D eigenvalue weighted by atomic mass is 10.1. The van der Waals surface area contributed by atoms with Crippen molar-refractivity contribution in [3.05, 3.63) is 53.8 Å². The summed E-state index contributed by atoms with van der Waals surface area (Å²) < 4.78 is 5.63. The van der Waals surface area contributed by atoms with Gasteiger partial charge in [0, 0.05) is 31.5 Å². The highest BCUT2D eigenvalue weighted by atomic mass is 16.5. The van der Waals surface area contributed by atoms with Crippen molar-refractivity contribution < 1.29 is 4.74 Å². The van der Waals surface area contributed by atoms with Gasteiger partial charge in [0.2, 0.25) is 0 Å². The molecule has 0 aliphatic carbocycles. The van der Waals surface area contributed by atoms with Gasteiger partial charge in [0.25, 0.3) is 0 Å². The zero-order valence-electron chi connectivity index (χ0n) is 13.1. The summed E-state index contributed by atoms with van der Waals surface area (Å²) in [5.41, 5.74) is 16.3. The molecule has 3 aliphatic rings. The fourth-order valence-electron chi connectivity index (χ4n) is 3.43. The number of ether oxygens (including phenoxy) is 1. The quantitative estimate of drug-likeness (QED) is 0.858. The van der Waals surface area contributed by atoms with Crippen LogP contribution in [0.2, 0.25) is 0 Å². The van der Waals surface area contributed by atoms with Crippen LogP contribution in [0.15, 0.2) is 48.3 Å². The zero-order chi connectivity index (χ0) is 16.0. The first-order valence-corrected chi connectivity index (χ1v) is 7.91. The van der Waals surface area contributed by atoms with Gasteiger partial charge in [-0.2, -0.15) is 0 Å². The smallest absolute Gasteiger partial charge is 0.169 e. The normalized spacial score (nSPS) is 26.0. The molecule has 4 heterocycles. The molecule has 3 aliphatic heterocycles. The fraction of sp³-hybridized carbons (Fsp3) is 0.353. The molecule has 0 saturated carbocycles. The van der Waals surface area contributed by atoms with Crippen LogP contribution in [0.3, 0.4) is 0 Å². The highest BCUT2D eigenvalue weighted by Gasteiger charge is 2.30. The molecular weight excluding hydrogens is 290 g/mol. The molecule has 1 aromatic heterocycles. The lowest BCUT2D eigenvalue weighted by Crippen LogP contribution is -2.29. The largest absolute Gasteiger partial charge is 0.470 e. The van der Waals surface area contributed by atoms with E-state index in [0.29, 0.717) is 0 Å². The second kappa shape index (κ2) is 5.40. The number of allylic oxidation sites excluding steroid dienone is 2. The minimum absolute atomic E-state index is 0.227. The third kappa shape index (κ3) is 2.40. The van der Waals surface area contributed by atoms with E-state index in [2.05, 4.69) is 21.7 Å². The number of nitrogens with zero attached hydrogens (tertiary/aromatic N) is 3. The van der Waals surface area contributed by atoms with Crippen molar-refractivity contribution in [1.82, 2.24) is 4.98 Å². The Kier molecular flexibility index (Phi) is 3.36. The van der Waals surface area contributed by atoms with E-state index in [1.807, 2.05) is 36.8 Å². The van der Waals surface area contributed by atoms with Crippen molar-refractivity contribution in [3.63, 3.8) is 0 Å². The summed E-state index contributed by atoms with van der Waals surface area (Å²) in [4.78, 5) is 8.84. The van der Waals surface area contributed by atoms with Crippen LogP contribution in [0, 0.1) is 6.92 Å². The van der Waals surface area contributed by atoms with Crippen LogP contribution in [0.1, 0.15) is 12.0 Å². The van der Waals surface area contributed by atoms with Gasteiger partial charge < -0.3 is 20.3 Å². The van der Waals surface area contributed by atoms with E-state index < -0.39 is 6.23 Å². The highest BCUT2D eigenvalue weighted by Crippen LogP contribution is 2.39. The maximum atomic E-state index is 6.10. The van der Waals surface area contributed by atoms with Gasteiger partial charge in [-0.3, -0.25) is 10.7 Å². The van der Waals surface area contributed by atoms with Gasteiger partial charge >= 0.3 is 0 Å². The summed E-state index contributed by atoms with van der Waals surface area (Å²) in [7, 11) is 0. The Morgan fingerprint density at radius 3 is 2.96 bits per heavy atom. The van der Waals surface area contributed by atoms with Gasteiger partial charge in [-0.25, -0.2) is 0 Å². The zero-order valence-corrected chi connectivity index (χ0v) is 13.1. The molecule has 1 fully saturated rings. The number of hydrogen-bond acceptors (Lipinski definition) is 6. The molecule has 23 heavy (non-hydrogen) atoms. The third-order valence-corrected chi connectivity index (χ3v) is 4.46. The van der Waals surface area contributed by atoms with Crippen molar-refractivity contribution in [2.45, 2.75) is 25.6 Å². The summed E-state index contributed by atoms with van der Waals surface area (Å²) in [5, 5.41) is 0. The molecule has 2 atom stereocenters. The first-order chi connectivity index (χ1) is 11.1. The standard InChI is InChI=1S/C17H21N5O/c1-11-8-20-9-14(17(11)21-6-4-12(18)10-21)22-5-2-3-15-13(22)7-16(19)23-15/h2-3,5,7-9,12,16H,4,6,10,18-19H2,1H3/t12-,16?/m1/s1. The van der Waals surface area contributed by atoms with Gasteiger partial charge in [0.15, 0.2) is 6.23 Å². The summed E-state index contributed by atoms with van der Waals surface area (Å²) in [6.07, 6.45) is 12.3. The molecular formula is C17H21N5O. The monoisotopic (exact) mass is 311 g/mol. The Morgan fingerprint density at radius 2 is 2.17 bits per heavy atom. The Bertz CT molecular complexity index is 724. The second-order valence-electron chi connectivity index (χ2n) is 6.20. The van der Waals surface area contributed by atoms with Crippen molar-refractivity contribution in [2.24, 2.45) is 11.5 Å². The number of nitrogens with two attached hydrogens (primary N) is 2. The molecule has 1 saturated heterocycles. The van der Waals surface area contributed by atoms with E-state index in [0.717, 1.165) is 42.2 Å². The molecule has 0 aromatic carbocycles. The molecule has 120 valence electrons. The molecule has 6 heteroatoms. The molecule has 0 spiro atoms. The Labute approximate surface area is 135 Å². The lowest BCUT2D eigenvalue weighted by molar-refractivity contribution is 0.186. The molecule has 4 rings (SSSR count). The fourth-order valence-corrected chi connectivity index (χ4v) is 3.43. The first-order valence-electron chi connectivity index (χ1n) is 7.91. The van der Waals surface area contributed by atoms with E-state index in [4.69, 9.17) is 16.2 Å². The number of pyridine rings is 1. The van der Waals surface area contributed by atoms with Crippen LogP contribution in [0.25, 0.3) is 0 Å². The SMILES string of the molecule is Cc1cncc(N2C=CC=C3OC(N)C=C32)c1N1CC[C@@H](N)C1. The van der Waals surface area contributed by atoms with Crippen LogP contribution >= 0.6 is 0 Å². The van der Waals surface area contributed by atoms with Crippen LogP contribution in [-0.4, -0.2) is 30.3 Å². The topological polar surface area (TPSA) is 80.6 Å². The van der Waals surface area contributed by atoms with Gasteiger partial charge in [-0.15, -0.1) is 0 Å². The molecule has 0 radical (unpaired) electrons. The van der Waals surface area contributed by atoms with E-state index in [-0.39, 0.29) is 6.04 Å². The van der Waals surface area contributed by atoms with Crippen LogP contribution in [0.4, 0.5) is 11.4 Å². The molecule has 6 nitrogen and oxygen atoms in total. The lowest BCUT2D eigenvalue weighted by Gasteiger charge is -2.30. The van der Waals surface area contributed by atoms with Gasteiger partial charge in [0.05, 0.1) is 23.3 Å². The number of hydrogen-bond donors (Lipinski definition) is 2. The molecule has 0 bridgehead atoms. The third-order valence-electron chi connectivity index (χ3n) is 4.46. The minimum Gasteiger partial charge on any atom is -0.470 e. The van der Waals surface area contributed by atoms with E-state index in [1.54, 1.807) is 0 Å². The average Bonchev–Trinajstić information content (AvgIpc) is 3.11. The van der Waals surface area contributed by atoms with Crippen LogP contribution in [-0.2, 0) is 4.74 Å².